The summed E-state index contributed by atoms with van der Waals surface area (Å²) in [6, 6.07) is 0. The van der Waals surface area contributed by atoms with Gasteiger partial charge in [0.15, 0.2) is 5.84 Å². The van der Waals surface area contributed by atoms with Crippen molar-refractivity contribution in [2.24, 2.45) is 16.8 Å². The van der Waals surface area contributed by atoms with Crippen LogP contribution in [0.3, 0.4) is 0 Å². The lowest BCUT2D eigenvalue weighted by Crippen LogP contribution is -2.39. The topological polar surface area (TPSA) is 96.9 Å². The molecule has 6 heteroatoms. The van der Waals surface area contributed by atoms with Crippen molar-refractivity contribution in [3.8, 4) is 0 Å². The number of ether oxygens (including phenoxy) is 1. The van der Waals surface area contributed by atoms with Gasteiger partial charge in [-0.3, -0.25) is 4.79 Å². The zero-order valence-corrected chi connectivity index (χ0v) is 11.5. The summed E-state index contributed by atoms with van der Waals surface area (Å²) in [4.78, 5) is 11.7. The van der Waals surface area contributed by atoms with E-state index < -0.39 is 5.92 Å². The first-order chi connectivity index (χ1) is 8.52. The van der Waals surface area contributed by atoms with Gasteiger partial charge in [-0.05, 0) is 33.1 Å². The molecule has 0 aromatic rings. The van der Waals surface area contributed by atoms with Gasteiger partial charge in [-0.15, -0.1) is 0 Å². The standard InChI is InChI=1S/C12H25N3O3/c1-4-10(11(13)15-17)12(16)14-7-5-6-8-18-9(2)3/h9-10,17H,4-8H2,1-3H3,(H2,13,15)(H,14,16). The van der Waals surface area contributed by atoms with Crippen LogP contribution in [0, 0.1) is 5.92 Å². The zero-order valence-electron chi connectivity index (χ0n) is 11.5. The molecule has 0 spiro atoms. The summed E-state index contributed by atoms with van der Waals surface area (Å²) in [5.74, 6) is -0.794. The summed E-state index contributed by atoms with van der Waals surface area (Å²) in [6.07, 6.45) is 2.51. The Morgan fingerprint density at radius 1 is 1.44 bits per heavy atom. The maximum Gasteiger partial charge on any atom is 0.230 e. The first-order valence-corrected chi connectivity index (χ1v) is 6.39. The largest absolute Gasteiger partial charge is 0.409 e. The van der Waals surface area contributed by atoms with E-state index in [1.54, 1.807) is 0 Å². The first kappa shape index (κ1) is 16.7. The van der Waals surface area contributed by atoms with Gasteiger partial charge >= 0.3 is 0 Å². The third-order valence-corrected chi connectivity index (χ3v) is 2.52. The molecule has 1 atom stereocenters. The van der Waals surface area contributed by atoms with Gasteiger partial charge < -0.3 is 21.0 Å². The lowest BCUT2D eigenvalue weighted by atomic mass is 10.0. The van der Waals surface area contributed by atoms with E-state index in [0.717, 1.165) is 12.8 Å². The molecular formula is C12H25N3O3. The lowest BCUT2D eigenvalue weighted by Gasteiger charge is -2.13. The van der Waals surface area contributed by atoms with E-state index in [1.165, 1.54) is 0 Å². The second kappa shape index (κ2) is 9.70. The maximum absolute atomic E-state index is 11.7. The van der Waals surface area contributed by atoms with Crippen LogP contribution < -0.4 is 11.1 Å². The minimum Gasteiger partial charge on any atom is -0.409 e. The van der Waals surface area contributed by atoms with Crippen LogP contribution in [0.2, 0.25) is 0 Å². The molecule has 0 radical (unpaired) electrons. The van der Waals surface area contributed by atoms with Gasteiger partial charge in [0, 0.05) is 13.2 Å². The molecule has 0 bridgehead atoms. The van der Waals surface area contributed by atoms with Crippen LogP contribution in [0.4, 0.5) is 0 Å². The Bertz CT molecular complexity index is 267. The molecule has 6 nitrogen and oxygen atoms in total. The van der Waals surface area contributed by atoms with Gasteiger partial charge in [0.1, 0.15) is 0 Å². The highest BCUT2D eigenvalue weighted by molar-refractivity contribution is 6.01. The molecule has 18 heavy (non-hydrogen) atoms. The molecule has 0 saturated carbocycles. The number of nitrogens with two attached hydrogens (primary N) is 1. The van der Waals surface area contributed by atoms with E-state index in [4.69, 9.17) is 15.7 Å². The molecule has 0 aromatic carbocycles. The smallest absolute Gasteiger partial charge is 0.230 e. The fraction of sp³-hybridized carbons (Fsp3) is 0.833. The molecule has 0 fully saturated rings. The number of carbonyl (C=O) groups is 1. The van der Waals surface area contributed by atoms with Crippen molar-refractivity contribution in [3.05, 3.63) is 0 Å². The van der Waals surface area contributed by atoms with E-state index in [9.17, 15) is 4.79 Å². The third kappa shape index (κ3) is 7.11. The third-order valence-electron chi connectivity index (χ3n) is 2.52. The van der Waals surface area contributed by atoms with Crippen molar-refractivity contribution in [2.45, 2.75) is 46.1 Å². The molecule has 0 aliphatic rings. The number of unbranched alkanes of at least 4 members (excludes halogenated alkanes) is 1. The van der Waals surface area contributed by atoms with Gasteiger partial charge in [0.05, 0.1) is 12.0 Å². The van der Waals surface area contributed by atoms with Crippen LogP contribution in [0.25, 0.3) is 0 Å². The number of carbonyl (C=O) groups excluding carboxylic acids is 1. The van der Waals surface area contributed by atoms with E-state index >= 15 is 0 Å². The molecule has 0 heterocycles. The predicted molar refractivity (Wildman–Crippen MR) is 70.5 cm³/mol. The SMILES string of the molecule is CCC(C(=O)NCCCCOC(C)C)C(N)=NO. The fourth-order valence-electron chi connectivity index (χ4n) is 1.48. The minimum absolute atomic E-state index is 0.0434. The highest BCUT2D eigenvalue weighted by atomic mass is 16.5. The van der Waals surface area contributed by atoms with Crippen LogP contribution in [-0.4, -0.2) is 36.2 Å². The summed E-state index contributed by atoms with van der Waals surface area (Å²) in [5, 5.41) is 14.2. The van der Waals surface area contributed by atoms with E-state index in [-0.39, 0.29) is 17.8 Å². The van der Waals surface area contributed by atoms with E-state index in [2.05, 4.69) is 10.5 Å². The Morgan fingerprint density at radius 2 is 2.11 bits per heavy atom. The van der Waals surface area contributed by atoms with Crippen molar-refractivity contribution in [1.29, 1.82) is 0 Å². The molecule has 0 saturated heterocycles. The minimum atomic E-state index is -0.554. The summed E-state index contributed by atoms with van der Waals surface area (Å²) < 4.78 is 5.39. The van der Waals surface area contributed by atoms with Gasteiger partial charge in [-0.2, -0.15) is 0 Å². The summed E-state index contributed by atoms with van der Waals surface area (Å²) in [6.45, 7) is 7.08. The lowest BCUT2D eigenvalue weighted by molar-refractivity contribution is -0.123. The van der Waals surface area contributed by atoms with Crippen molar-refractivity contribution in [1.82, 2.24) is 5.32 Å². The summed E-state index contributed by atoms with van der Waals surface area (Å²) in [5.41, 5.74) is 5.43. The van der Waals surface area contributed by atoms with Crippen LogP contribution in [0.1, 0.15) is 40.0 Å². The number of hydrogen-bond donors (Lipinski definition) is 3. The maximum atomic E-state index is 11.7. The van der Waals surface area contributed by atoms with Gasteiger partial charge in [0.25, 0.3) is 0 Å². The Hall–Kier alpha value is -1.30. The first-order valence-electron chi connectivity index (χ1n) is 6.39. The molecule has 1 amide bonds. The predicted octanol–water partition coefficient (Wildman–Crippen LogP) is 1.08. The second-order valence-corrected chi connectivity index (χ2v) is 4.40. The van der Waals surface area contributed by atoms with E-state index in [1.807, 2.05) is 20.8 Å². The number of nitrogens with one attached hydrogen (secondary N) is 1. The Labute approximate surface area is 109 Å². The average molecular weight is 259 g/mol. The molecule has 0 aromatic heterocycles. The van der Waals surface area contributed by atoms with Crippen molar-refractivity contribution < 1.29 is 14.7 Å². The molecule has 1 unspecified atom stereocenters. The summed E-state index contributed by atoms with van der Waals surface area (Å²) in [7, 11) is 0. The highest BCUT2D eigenvalue weighted by Gasteiger charge is 2.20. The van der Waals surface area contributed by atoms with Crippen LogP contribution in [0.15, 0.2) is 5.16 Å². The average Bonchev–Trinajstić information content (AvgIpc) is 2.33. The monoisotopic (exact) mass is 259 g/mol. The number of amides is 1. The van der Waals surface area contributed by atoms with Gasteiger partial charge in [0.2, 0.25) is 5.91 Å². The quantitative estimate of drug-likeness (QED) is 0.190. The molecule has 4 N–H and O–H groups in total. The van der Waals surface area contributed by atoms with Gasteiger partial charge in [-0.25, -0.2) is 0 Å². The van der Waals surface area contributed by atoms with Crippen LogP contribution >= 0.6 is 0 Å². The molecule has 0 aliphatic carbocycles. The van der Waals surface area contributed by atoms with Crippen LogP contribution in [-0.2, 0) is 9.53 Å². The highest BCUT2D eigenvalue weighted by Crippen LogP contribution is 2.03. The van der Waals surface area contributed by atoms with Crippen molar-refractivity contribution in [2.75, 3.05) is 13.2 Å². The molecule has 106 valence electrons. The number of oxime groups is 1. The molecule has 0 aliphatic heterocycles. The second-order valence-electron chi connectivity index (χ2n) is 4.40. The zero-order chi connectivity index (χ0) is 14.0. The Morgan fingerprint density at radius 3 is 2.61 bits per heavy atom. The normalized spacial score (nSPS) is 13.7. The summed E-state index contributed by atoms with van der Waals surface area (Å²) >= 11 is 0. The fourth-order valence-corrected chi connectivity index (χ4v) is 1.48. The number of nitrogens with zero attached hydrogens (tertiary/aromatic N) is 1. The number of amidine groups is 1. The molecule has 0 rings (SSSR count). The van der Waals surface area contributed by atoms with E-state index in [0.29, 0.717) is 19.6 Å². The van der Waals surface area contributed by atoms with Gasteiger partial charge in [-0.1, -0.05) is 12.1 Å². The van der Waals surface area contributed by atoms with Crippen LogP contribution in [0.5, 0.6) is 0 Å². The Balaban J connectivity index is 3.76. The molecular weight excluding hydrogens is 234 g/mol. The number of hydrogen-bond acceptors (Lipinski definition) is 4. The van der Waals surface area contributed by atoms with Crippen molar-refractivity contribution >= 4 is 11.7 Å². The Kier molecular flexibility index (Phi) is 9.00. The number of rotatable bonds is 9. The van der Waals surface area contributed by atoms with Crippen molar-refractivity contribution in [3.63, 3.8) is 0 Å².